The number of nitrogens with zero attached hydrogens (tertiary/aromatic N) is 2. The van der Waals surface area contributed by atoms with Crippen LogP contribution in [0.1, 0.15) is 0 Å². The Morgan fingerprint density at radius 3 is 2.83 bits per heavy atom. The molecule has 0 radical (unpaired) electrons. The molecule has 3 nitrogen and oxygen atoms in total. The molecule has 2 aromatic rings. The molecule has 2 rings (SSSR count). The van der Waals surface area contributed by atoms with Crippen molar-refractivity contribution in [1.82, 2.24) is 10.2 Å². The molecule has 60 valence electrons. The Balaban J connectivity index is 2.67. The van der Waals surface area contributed by atoms with Gasteiger partial charge >= 0.3 is 0 Å². The zero-order chi connectivity index (χ0) is 8.39. The minimum atomic E-state index is 0.550. The highest BCUT2D eigenvalue weighted by Gasteiger charge is 1.96. The number of hydrogen-bond donors (Lipinski definition) is 0. The molecule has 0 N–H and O–H groups in total. The molecule has 0 aliphatic rings. The predicted octanol–water partition coefficient (Wildman–Crippen LogP) is 1.64. The first-order valence-corrected chi connectivity index (χ1v) is 3.66. The van der Waals surface area contributed by atoms with E-state index in [-0.39, 0.29) is 0 Å². The van der Waals surface area contributed by atoms with Gasteiger partial charge in [-0.1, -0.05) is 18.2 Å². The second-order valence-electron chi connectivity index (χ2n) is 2.45. The monoisotopic (exact) mass is 160 g/mol. The van der Waals surface area contributed by atoms with Gasteiger partial charge in [-0.25, -0.2) is 0 Å². The van der Waals surface area contributed by atoms with Crippen molar-refractivity contribution in [2.75, 3.05) is 7.11 Å². The Bertz CT molecular complexity index is 400. The highest BCUT2D eigenvalue weighted by molar-refractivity contribution is 5.78. The Morgan fingerprint density at radius 2 is 2.00 bits per heavy atom. The topological polar surface area (TPSA) is 35.0 Å². The van der Waals surface area contributed by atoms with Crippen LogP contribution in [0.4, 0.5) is 0 Å². The third kappa shape index (κ3) is 1.09. The highest BCUT2D eigenvalue weighted by atomic mass is 16.5. The van der Waals surface area contributed by atoms with Crippen LogP contribution in [0.2, 0.25) is 0 Å². The summed E-state index contributed by atoms with van der Waals surface area (Å²) >= 11 is 0. The number of rotatable bonds is 1. The number of methoxy groups -OCH3 is 1. The fraction of sp³-hybridized carbons (Fsp3) is 0.111. The van der Waals surface area contributed by atoms with Crippen molar-refractivity contribution in [2.24, 2.45) is 0 Å². The SMILES string of the molecule is COc1cc2ccccc2nn1. The molecule has 1 aromatic heterocycles. The quantitative estimate of drug-likeness (QED) is 0.636. The summed E-state index contributed by atoms with van der Waals surface area (Å²) in [6.45, 7) is 0. The van der Waals surface area contributed by atoms with E-state index in [9.17, 15) is 0 Å². The van der Waals surface area contributed by atoms with Crippen LogP contribution in [0.15, 0.2) is 30.3 Å². The first-order chi connectivity index (χ1) is 5.90. The maximum Gasteiger partial charge on any atom is 0.233 e. The Morgan fingerprint density at radius 1 is 1.17 bits per heavy atom. The Hall–Kier alpha value is -1.64. The van der Waals surface area contributed by atoms with Crippen LogP contribution in [0.25, 0.3) is 10.9 Å². The lowest BCUT2D eigenvalue weighted by molar-refractivity contribution is 0.393. The molecule has 0 saturated carbocycles. The summed E-state index contributed by atoms with van der Waals surface area (Å²) in [5.41, 5.74) is 0.887. The lowest BCUT2D eigenvalue weighted by atomic mass is 10.2. The van der Waals surface area contributed by atoms with E-state index in [0.717, 1.165) is 10.9 Å². The third-order valence-electron chi connectivity index (χ3n) is 1.68. The Labute approximate surface area is 70.0 Å². The summed E-state index contributed by atoms with van der Waals surface area (Å²) in [4.78, 5) is 0. The van der Waals surface area contributed by atoms with E-state index in [2.05, 4.69) is 10.2 Å². The average molecular weight is 160 g/mol. The van der Waals surface area contributed by atoms with E-state index in [1.807, 2.05) is 30.3 Å². The maximum absolute atomic E-state index is 4.95. The summed E-state index contributed by atoms with van der Waals surface area (Å²) in [5.74, 6) is 0.550. The molecular weight excluding hydrogens is 152 g/mol. The largest absolute Gasteiger partial charge is 0.480 e. The number of ether oxygens (including phenoxy) is 1. The van der Waals surface area contributed by atoms with Crippen molar-refractivity contribution in [1.29, 1.82) is 0 Å². The second-order valence-corrected chi connectivity index (χ2v) is 2.45. The van der Waals surface area contributed by atoms with Crippen LogP contribution in [0.5, 0.6) is 5.88 Å². The maximum atomic E-state index is 4.95. The molecule has 12 heavy (non-hydrogen) atoms. The predicted molar refractivity (Wildman–Crippen MR) is 46.1 cm³/mol. The number of benzene rings is 1. The first-order valence-electron chi connectivity index (χ1n) is 3.66. The van der Waals surface area contributed by atoms with Crippen molar-refractivity contribution in [3.05, 3.63) is 30.3 Å². The summed E-state index contributed by atoms with van der Waals surface area (Å²) < 4.78 is 4.95. The minimum absolute atomic E-state index is 0.550. The second kappa shape index (κ2) is 2.77. The summed E-state index contributed by atoms with van der Waals surface area (Å²) in [6, 6.07) is 9.66. The van der Waals surface area contributed by atoms with Gasteiger partial charge in [-0.2, -0.15) is 0 Å². The van der Waals surface area contributed by atoms with Crippen LogP contribution < -0.4 is 4.74 Å². The van der Waals surface area contributed by atoms with Crippen LogP contribution in [0, 0.1) is 0 Å². The van der Waals surface area contributed by atoms with Crippen LogP contribution in [0.3, 0.4) is 0 Å². The number of hydrogen-bond acceptors (Lipinski definition) is 3. The van der Waals surface area contributed by atoms with Crippen molar-refractivity contribution in [3.8, 4) is 5.88 Å². The van der Waals surface area contributed by atoms with Gasteiger partial charge in [0.25, 0.3) is 0 Å². The zero-order valence-electron chi connectivity index (χ0n) is 6.69. The molecule has 0 fully saturated rings. The molecule has 0 aliphatic heterocycles. The van der Waals surface area contributed by atoms with E-state index >= 15 is 0 Å². The van der Waals surface area contributed by atoms with Gasteiger partial charge in [0.1, 0.15) is 0 Å². The summed E-state index contributed by atoms with van der Waals surface area (Å²) in [6.07, 6.45) is 0. The molecule has 0 amide bonds. The number of aromatic nitrogens is 2. The molecule has 3 heteroatoms. The smallest absolute Gasteiger partial charge is 0.233 e. The van der Waals surface area contributed by atoms with E-state index < -0.39 is 0 Å². The molecule has 0 atom stereocenters. The number of fused-ring (bicyclic) bond motifs is 1. The fourth-order valence-corrected chi connectivity index (χ4v) is 1.07. The highest BCUT2D eigenvalue weighted by Crippen LogP contribution is 2.14. The minimum Gasteiger partial charge on any atom is -0.480 e. The summed E-state index contributed by atoms with van der Waals surface area (Å²) in [7, 11) is 1.58. The normalized spacial score (nSPS) is 10.1. The van der Waals surface area contributed by atoms with Gasteiger partial charge in [-0.05, 0) is 6.07 Å². The molecule has 0 saturated heterocycles. The standard InChI is InChI=1S/C9H8N2O/c1-12-9-6-7-4-2-3-5-8(7)10-11-9/h2-6H,1H3. The molecule has 1 heterocycles. The van der Waals surface area contributed by atoms with Gasteiger partial charge in [0.2, 0.25) is 5.88 Å². The van der Waals surface area contributed by atoms with E-state index in [1.165, 1.54) is 0 Å². The first kappa shape index (κ1) is 7.03. The molecule has 0 bridgehead atoms. The third-order valence-corrected chi connectivity index (χ3v) is 1.68. The van der Waals surface area contributed by atoms with E-state index in [0.29, 0.717) is 5.88 Å². The zero-order valence-corrected chi connectivity index (χ0v) is 6.69. The van der Waals surface area contributed by atoms with E-state index in [1.54, 1.807) is 7.11 Å². The van der Waals surface area contributed by atoms with Crippen molar-refractivity contribution >= 4 is 10.9 Å². The van der Waals surface area contributed by atoms with Crippen LogP contribution >= 0.6 is 0 Å². The van der Waals surface area contributed by atoms with Crippen LogP contribution in [-0.2, 0) is 0 Å². The average Bonchev–Trinajstić information content (AvgIpc) is 2.17. The molecule has 0 spiro atoms. The van der Waals surface area contributed by atoms with Crippen molar-refractivity contribution in [3.63, 3.8) is 0 Å². The van der Waals surface area contributed by atoms with Gasteiger partial charge in [0, 0.05) is 11.5 Å². The fourth-order valence-electron chi connectivity index (χ4n) is 1.07. The van der Waals surface area contributed by atoms with Crippen molar-refractivity contribution < 1.29 is 4.74 Å². The van der Waals surface area contributed by atoms with Gasteiger partial charge < -0.3 is 4.74 Å². The molecular formula is C9H8N2O. The molecule has 0 aliphatic carbocycles. The molecule has 1 aromatic carbocycles. The lowest BCUT2D eigenvalue weighted by Gasteiger charge is -1.98. The van der Waals surface area contributed by atoms with Gasteiger partial charge in [0.05, 0.1) is 12.6 Å². The Kier molecular flexibility index (Phi) is 1.63. The van der Waals surface area contributed by atoms with Gasteiger partial charge in [-0.15, -0.1) is 10.2 Å². The summed E-state index contributed by atoms with van der Waals surface area (Å²) in [5, 5.41) is 8.88. The van der Waals surface area contributed by atoms with E-state index in [4.69, 9.17) is 4.74 Å². The lowest BCUT2D eigenvalue weighted by Crippen LogP contribution is -1.90. The van der Waals surface area contributed by atoms with Gasteiger partial charge in [-0.3, -0.25) is 0 Å². The van der Waals surface area contributed by atoms with Crippen LogP contribution in [-0.4, -0.2) is 17.3 Å². The van der Waals surface area contributed by atoms with Gasteiger partial charge in [0.15, 0.2) is 0 Å². The van der Waals surface area contributed by atoms with Crippen molar-refractivity contribution in [2.45, 2.75) is 0 Å². The molecule has 0 unspecified atom stereocenters.